The minimum absolute atomic E-state index is 0.238. The van der Waals surface area contributed by atoms with Crippen molar-refractivity contribution in [3.63, 3.8) is 0 Å². The molecule has 3 aromatic rings. The van der Waals surface area contributed by atoms with Gasteiger partial charge >= 0.3 is 0 Å². The molecule has 0 aliphatic heterocycles. The fourth-order valence-electron chi connectivity index (χ4n) is 2.89. The fraction of sp³-hybridized carbons (Fsp3) is 0.227. The maximum atomic E-state index is 12.7. The first-order valence-electron chi connectivity index (χ1n) is 9.23. The number of ether oxygens (including phenoxy) is 2. The number of anilines is 3. The molecule has 1 amide bonds. The Morgan fingerprint density at radius 2 is 1.76 bits per heavy atom. The molecule has 3 rings (SSSR count). The van der Waals surface area contributed by atoms with Crippen LogP contribution >= 0.6 is 0 Å². The number of hydrogen-bond donors (Lipinski definition) is 2. The van der Waals surface area contributed by atoms with Gasteiger partial charge in [-0.25, -0.2) is 9.97 Å². The second-order valence-electron chi connectivity index (χ2n) is 6.68. The zero-order valence-electron chi connectivity index (χ0n) is 16.9. The number of nitrogens with zero attached hydrogens (tertiary/aromatic N) is 2. The third kappa shape index (κ3) is 4.82. The summed E-state index contributed by atoms with van der Waals surface area (Å²) in [6.45, 7) is 4.25. The van der Waals surface area contributed by atoms with Crippen LogP contribution in [0.3, 0.4) is 0 Å². The van der Waals surface area contributed by atoms with Gasteiger partial charge in [-0.2, -0.15) is 0 Å². The molecule has 7 nitrogen and oxygen atoms in total. The summed E-state index contributed by atoms with van der Waals surface area (Å²) in [6, 6.07) is 14.8. The Hall–Kier alpha value is -3.61. The van der Waals surface area contributed by atoms with Crippen LogP contribution in [0.15, 0.2) is 54.9 Å². The Kier molecular flexibility index (Phi) is 6.29. The zero-order valence-corrected chi connectivity index (χ0v) is 16.9. The van der Waals surface area contributed by atoms with Gasteiger partial charge in [0.05, 0.1) is 19.9 Å². The molecule has 0 spiro atoms. The van der Waals surface area contributed by atoms with Crippen LogP contribution in [0.2, 0.25) is 0 Å². The predicted molar refractivity (Wildman–Crippen MR) is 113 cm³/mol. The SMILES string of the molecule is COc1ccc(NC(=O)c2cc(Nc3ccccc3C(C)C)ncn2)c(OC)c1. The van der Waals surface area contributed by atoms with E-state index in [-0.39, 0.29) is 11.6 Å². The highest BCUT2D eigenvalue weighted by molar-refractivity contribution is 6.04. The molecule has 0 bridgehead atoms. The van der Waals surface area contributed by atoms with E-state index in [2.05, 4.69) is 40.5 Å². The van der Waals surface area contributed by atoms with E-state index in [4.69, 9.17) is 9.47 Å². The summed E-state index contributed by atoms with van der Waals surface area (Å²) in [5.41, 5.74) is 2.88. The van der Waals surface area contributed by atoms with Gasteiger partial charge in [0.15, 0.2) is 0 Å². The third-order valence-electron chi connectivity index (χ3n) is 4.40. The maximum Gasteiger partial charge on any atom is 0.274 e. The van der Waals surface area contributed by atoms with E-state index >= 15 is 0 Å². The summed E-state index contributed by atoms with van der Waals surface area (Å²) in [4.78, 5) is 21.0. The molecule has 0 saturated heterocycles. The number of methoxy groups -OCH3 is 2. The Morgan fingerprint density at radius 1 is 0.966 bits per heavy atom. The summed E-state index contributed by atoms with van der Waals surface area (Å²) < 4.78 is 10.5. The molecular formula is C22H24N4O3. The van der Waals surface area contributed by atoms with Crippen molar-refractivity contribution in [2.45, 2.75) is 19.8 Å². The number of amides is 1. The Bertz CT molecular complexity index is 1000. The molecule has 150 valence electrons. The lowest BCUT2D eigenvalue weighted by Crippen LogP contribution is -2.15. The number of carbonyl (C=O) groups excluding carboxylic acids is 1. The number of carbonyl (C=O) groups is 1. The van der Waals surface area contributed by atoms with Crippen LogP contribution in [0.5, 0.6) is 11.5 Å². The number of aromatic nitrogens is 2. The molecule has 1 aromatic heterocycles. The van der Waals surface area contributed by atoms with Crippen molar-refractivity contribution in [3.8, 4) is 11.5 Å². The smallest absolute Gasteiger partial charge is 0.274 e. The molecular weight excluding hydrogens is 368 g/mol. The third-order valence-corrected chi connectivity index (χ3v) is 4.40. The van der Waals surface area contributed by atoms with E-state index in [1.54, 1.807) is 31.4 Å². The molecule has 0 unspecified atom stereocenters. The first-order chi connectivity index (χ1) is 14.0. The number of hydrogen-bond acceptors (Lipinski definition) is 6. The van der Waals surface area contributed by atoms with Gasteiger partial charge in [0.2, 0.25) is 0 Å². The van der Waals surface area contributed by atoms with Crippen molar-refractivity contribution in [1.82, 2.24) is 9.97 Å². The summed E-state index contributed by atoms with van der Waals surface area (Å²) in [5.74, 6) is 1.66. The van der Waals surface area contributed by atoms with Gasteiger partial charge in [-0.1, -0.05) is 32.0 Å². The van der Waals surface area contributed by atoms with Crippen molar-refractivity contribution in [2.24, 2.45) is 0 Å². The Morgan fingerprint density at radius 3 is 2.48 bits per heavy atom. The highest BCUT2D eigenvalue weighted by Crippen LogP contribution is 2.30. The van der Waals surface area contributed by atoms with Crippen LogP contribution in [0, 0.1) is 0 Å². The first-order valence-corrected chi connectivity index (χ1v) is 9.23. The molecule has 0 aliphatic rings. The quantitative estimate of drug-likeness (QED) is 0.611. The molecule has 29 heavy (non-hydrogen) atoms. The lowest BCUT2D eigenvalue weighted by Gasteiger charge is -2.14. The van der Waals surface area contributed by atoms with Gasteiger partial charge in [0.25, 0.3) is 5.91 Å². The van der Waals surface area contributed by atoms with Gasteiger partial charge in [0.1, 0.15) is 29.3 Å². The van der Waals surface area contributed by atoms with Crippen molar-refractivity contribution >= 4 is 23.1 Å². The van der Waals surface area contributed by atoms with Crippen molar-refractivity contribution in [3.05, 3.63) is 66.1 Å². The fourth-order valence-corrected chi connectivity index (χ4v) is 2.89. The van der Waals surface area contributed by atoms with Gasteiger partial charge < -0.3 is 20.1 Å². The number of para-hydroxylation sites is 1. The second-order valence-corrected chi connectivity index (χ2v) is 6.68. The largest absolute Gasteiger partial charge is 0.497 e. The highest BCUT2D eigenvalue weighted by Gasteiger charge is 2.14. The zero-order chi connectivity index (χ0) is 20.8. The minimum atomic E-state index is -0.365. The first kappa shape index (κ1) is 20.1. The van der Waals surface area contributed by atoms with E-state index in [1.807, 2.05) is 18.2 Å². The monoisotopic (exact) mass is 392 g/mol. The summed E-state index contributed by atoms with van der Waals surface area (Å²) in [6.07, 6.45) is 1.36. The van der Waals surface area contributed by atoms with E-state index in [0.717, 1.165) is 5.69 Å². The average molecular weight is 392 g/mol. The molecule has 0 aliphatic carbocycles. The number of benzene rings is 2. The predicted octanol–water partition coefficient (Wildman–Crippen LogP) is 4.61. The molecule has 2 N–H and O–H groups in total. The van der Waals surface area contributed by atoms with Crippen molar-refractivity contribution < 1.29 is 14.3 Å². The Labute approximate surface area is 170 Å². The van der Waals surface area contributed by atoms with Crippen molar-refractivity contribution in [2.75, 3.05) is 24.9 Å². The highest BCUT2D eigenvalue weighted by atomic mass is 16.5. The molecule has 0 radical (unpaired) electrons. The van der Waals surface area contributed by atoms with Crippen LogP contribution in [0.1, 0.15) is 35.8 Å². The molecule has 2 aromatic carbocycles. The van der Waals surface area contributed by atoms with Gasteiger partial charge in [0, 0.05) is 17.8 Å². The van der Waals surface area contributed by atoms with Crippen LogP contribution in [0.25, 0.3) is 0 Å². The molecule has 7 heteroatoms. The number of rotatable bonds is 7. The van der Waals surface area contributed by atoms with Crippen molar-refractivity contribution in [1.29, 1.82) is 0 Å². The second kappa shape index (κ2) is 9.05. The van der Waals surface area contributed by atoms with Gasteiger partial charge in [-0.3, -0.25) is 4.79 Å². The van der Waals surface area contributed by atoms with Crippen LogP contribution in [-0.4, -0.2) is 30.1 Å². The summed E-state index contributed by atoms with van der Waals surface area (Å²) in [7, 11) is 3.10. The van der Waals surface area contributed by atoms with Crippen LogP contribution in [0.4, 0.5) is 17.2 Å². The molecule has 0 fully saturated rings. The lowest BCUT2D eigenvalue weighted by molar-refractivity contribution is 0.102. The molecule has 1 heterocycles. The minimum Gasteiger partial charge on any atom is -0.497 e. The summed E-state index contributed by atoms with van der Waals surface area (Å²) >= 11 is 0. The number of nitrogens with one attached hydrogen (secondary N) is 2. The van der Waals surface area contributed by atoms with Gasteiger partial charge in [-0.05, 0) is 29.7 Å². The van der Waals surface area contributed by atoms with E-state index in [1.165, 1.54) is 19.0 Å². The van der Waals surface area contributed by atoms with Crippen LogP contribution in [-0.2, 0) is 0 Å². The van der Waals surface area contributed by atoms with Crippen LogP contribution < -0.4 is 20.1 Å². The van der Waals surface area contributed by atoms with Gasteiger partial charge in [-0.15, -0.1) is 0 Å². The Balaban J connectivity index is 1.80. The standard InChI is InChI=1S/C22H24N4O3/c1-14(2)16-7-5-6-8-17(16)25-21-12-19(23-13-24-21)22(27)26-18-10-9-15(28-3)11-20(18)29-4/h5-14H,1-4H3,(H,26,27)(H,23,24,25). The maximum absolute atomic E-state index is 12.7. The average Bonchev–Trinajstić information content (AvgIpc) is 2.74. The molecule has 0 saturated carbocycles. The van der Waals surface area contributed by atoms with E-state index in [9.17, 15) is 4.79 Å². The summed E-state index contributed by atoms with van der Waals surface area (Å²) in [5, 5.41) is 6.09. The normalized spacial score (nSPS) is 10.5. The van der Waals surface area contributed by atoms with E-state index in [0.29, 0.717) is 28.9 Å². The molecule has 0 atom stereocenters. The topological polar surface area (TPSA) is 85.4 Å². The lowest BCUT2D eigenvalue weighted by atomic mass is 10.0. The van der Waals surface area contributed by atoms with E-state index < -0.39 is 0 Å².